The Balaban J connectivity index is 1.80. The fourth-order valence-electron chi connectivity index (χ4n) is 3.51. The molecule has 4 aromatic rings. The molecule has 9 nitrogen and oxygen atoms in total. The Bertz CT molecular complexity index is 1360. The topological polar surface area (TPSA) is 103 Å². The largest absolute Gasteiger partial charge is 0.497 e. The average molecular weight is 488 g/mol. The molecule has 33 heavy (non-hydrogen) atoms. The Morgan fingerprint density at radius 3 is 2.42 bits per heavy atom. The number of ether oxygens (including phenoxy) is 1. The third-order valence-corrected chi connectivity index (χ3v) is 8.13. The number of nitrogens with zero attached hydrogens (tertiary/aromatic N) is 5. The first kappa shape index (κ1) is 23.3. The predicted octanol–water partition coefficient (Wildman–Crippen LogP) is 4.05. The maximum Gasteiger partial charge on any atom is 0.243 e. The van der Waals surface area contributed by atoms with Crippen LogP contribution >= 0.6 is 11.8 Å². The summed E-state index contributed by atoms with van der Waals surface area (Å²) in [6.45, 7) is 6.20. The fraction of sp³-hybridized carbons (Fsp3) is 0.318. The molecule has 0 atom stereocenters. The van der Waals surface area contributed by atoms with E-state index in [4.69, 9.17) is 14.1 Å². The zero-order valence-electron chi connectivity index (χ0n) is 18.8. The van der Waals surface area contributed by atoms with E-state index in [1.807, 2.05) is 42.7 Å². The number of aromatic nitrogens is 4. The quantitative estimate of drug-likeness (QED) is 0.326. The molecule has 11 heteroatoms. The number of aryl methyl sites for hydroxylation is 1. The molecular formula is C22H25N5O4S2. The van der Waals surface area contributed by atoms with Crippen LogP contribution in [0.1, 0.15) is 25.6 Å². The number of thioether (sulfide) groups is 1. The Kier molecular flexibility index (Phi) is 6.73. The lowest BCUT2D eigenvalue weighted by atomic mass is 10.2. The summed E-state index contributed by atoms with van der Waals surface area (Å²) in [6, 6.07) is 12.7. The highest BCUT2D eigenvalue weighted by Crippen LogP contribution is 2.32. The zero-order chi connectivity index (χ0) is 23.6. The van der Waals surface area contributed by atoms with E-state index in [-0.39, 0.29) is 4.90 Å². The number of imidazole rings is 1. The Labute approximate surface area is 196 Å². The van der Waals surface area contributed by atoms with Gasteiger partial charge in [0.25, 0.3) is 0 Å². The number of hydrogen-bond donors (Lipinski definition) is 0. The maximum absolute atomic E-state index is 13.0. The van der Waals surface area contributed by atoms with Gasteiger partial charge in [-0.05, 0) is 42.5 Å². The van der Waals surface area contributed by atoms with Crippen molar-refractivity contribution in [2.24, 2.45) is 0 Å². The molecule has 0 aliphatic rings. The van der Waals surface area contributed by atoms with Crippen molar-refractivity contribution in [1.82, 2.24) is 24.1 Å². The molecular weight excluding hydrogens is 462 g/mol. The number of benzene rings is 2. The van der Waals surface area contributed by atoms with E-state index >= 15 is 0 Å². The van der Waals surface area contributed by atoms with Crippen LogP contribution in [0.4, 0.5) is 0 Å². The van der Waals surface area contributed by atoms with Gasteiger partial charge >= 0.3 is 0 Å². The van der Waals surface area contributed by atoms with E-state index < -0.39 is 10.0 Å². The van der Waals surface area contributed by atoms with Crippen molar-refractivity contribution < 1.29 is 17.6 Å². The second-order valence-electron chi connectivity index (χ2n) is 7.17. The van der Waals surface area contributed by atoms with Crippen molar-refractivity contribution in [2.45, 2.75) is 36.6 Å². The molecule has 174 valence electrons. The molecule has 4 rings (SSSR count). The highest BCUT2D eigenvalue weighted by molar-refractivity contribution is 7.98. The van der Waals surface area contributed by atoms with Gasteiger partial charge in [0.15, 0.2) is 5.16 Å². The van der Waals surface area contributed by atoms with Crippen LogP contribution in [0.5, 0.6) is 5.75 Å². The zero-order valence-corrected chi connectivity index (χ0v) is 20.5. The molecule has 0 unspecified atom stereocenters. The first-order chi connectivity index (χ1) is 15.9. The third kappa shape index (κ3) is 4.61. The standard InChI is InChI=1S/C22H25N5O4S2/c1-5-26(6-2)33(28,29)18-11-12-20-19(13-18)23-22(32-14-21-25-24-15(3)31-21)27(20)16-7-9-17(30-4)10-8-16/h7-13H,5-6,14H2,1-4H3. The van der Waals surface area contributed by atoms with Gasteiger partial charge in [0.1, 0.15) is 5.75 Å². The maximum atomic E-state index is 13.0. The van der Waals surface area contributed by atoms with Crippen molar-refractivity contribution in [3.63, 3.8) is 0 Å². The summed E-state index contributed by atoms with van der Waals surface area (Å²) in [5.41, 5.74) is 2.26. The smallest absolute Gasteiger partial charge is 0.243 e. The molecule has 0 N–H and O–H groups in total. The lowest BCUT2D eigenvalue weighted by Crippen LogP contribution is -2.30. The van der Waals surface area contributed by atoms with E-state index in [9.17, 15) is 8.42 Å². The summed E-state index contributed by atoms with van der Waals surface area (Å²) in [6.07, 6.45) is 0. The molecule has 2 aromatic carbocycles. The number of fused-ring (bicyclic) bond motifs is 1. The Morgan fingerprint density at radius 1 is 1.09 bits per heavy atom. The summed E-state index contributed by atoms with van der Waals surface area (Å²) >= 11 is 1.44. The van der Waals surface area contributed by atoms with Gasteiger partial charge in [0.2, 0.25) is 21.8 Å². The van der Waals surface area contributed by atoms with Crippen molar-refractivity contribution in [1.29, 1.82) is 0 Å². The van der Waals surface area contributed by atoms with Crippen molar-refractivity contribution in [3.05, 3.63) is 54.2 Å². The van der Waals surface area contributed by atoms with Crippen molar-refractivity contribution >= 4 is 32.8 Å². The van der Waals surface area contributed by atoms with E-state index in [0.717, 1.165) is 17.0 Å². The van der Waals surface area contributed by atoms with Crippen LogP contribution in [0, 0.1) is 6.92 Å². The SMILES string of the molecule is CCN(CC)S(=O)(=O)c1ccc2c(c1)nc(SCc1nnc(C)o1)n2-c1ccc(OC)cc1. The number of rotatable bonds is 9. The molecule has 0 aliphatic carbocycles. The van der Waals surface area contributed by atoms with Gasteiger partial charge in [-0.2, -0.15) is 4.31 Å². The second kappa shape index (κ2) is 9.54. The predicted molar refractivity (Wildman–Crippen MR) is 126 cm³/mol. The summed E-state index contributed by atoms with van der Waals surface area (Å²) < 4.78 is 40.2. The summed E-state index contributed by atoms with van der Waals surface area (Å²) in [7, 11) is -1.98. The van der Waals surface area contributed by atoms with E-state index in [0.29, 0.717) is 41.3 Å². The van der Waals surface area contributed by atoms with Crippen molar-refractivity contribution in [2.75, 3.05) is 20.2 Å². The van der Waals surface area contributed by atoms with Crippen LogP contribution < -0.4 is 4.74 Å². The third-order valence-electron chi connectivity index (χ3n) is 5.16. The first-order valence-electron chi connectivity index (χ1n) is 10.5. The van der Waals surface area contributed by atoms with E-state index in [2.05, 4.69) is 10.2 Å². The van der Waals surface area contributed by atoms with Gasteiger partial charge in [-0.15, -0.1) is 10.2 Å². The van der Waals surface area contributed by atoms with Crippen LogP contribution in [0.15, 0.2) is 56.9 Å². The highest BCUT2D eigenvalue weighted by Gasteiger charge is 2.23. The lowest BCUT2D eigenvalue weighted by molar-refractivity contribution is 0.414. The van der Waals surface area contributed by atoms with Crippen LogP contribution in [0.25, 0.3) is 16.7 Å². The lowest BCUT2D eigenvalue weighted by Gasteiger charge is -2.18. The van der Waals surface area contributed by atoms with Gasteiger partial charge in [-0.25, -0.2) is 13.4 Å². The van der Waals surface area contributed by atoms with Crippen LogP contribution in [0.3, 0.4) is 0 Å². The van der Waals surface area contributed by atoms with Crippen LogP contribution in [-0.2, 0) is 15.8 Å². The summed E-state index contributed by atoms with van der Waals surface area (Å²) in [4.78, 5) is 4.98. The average Bonchev–Trinajstić information content (AvgIpc) is 3.40. The highest BCUT2D eigenvalue weighted by atomic mass is 32.2. The molecule has 0 saturated carbocycles. The minimum absolute atomic E-state index is 0.224. The first-order valence-corrected chi connectivity index (χ1v) is 12.9. The molecule has 0 bridgehead atoms. The molecule has 2 heterocycles. The monoisotopic (exact) mass is 487 g/mol. The minimum Gasteiger partial charge on any atom is -0.497 e. The fourth-order valence-corrected chi connectivity index (χ4v) is 5.85. The molecule has 0 amide bonds. The van der Waals surface area contributed by atoms with Gasteiger partial charge in [-0.3, -0.25) is 4.57 Å². The number of sulfonamides is 1. The van der Waals surface area contributed by atoms with Crippen LogP contribution in [0.2, 0.25) is 0 Å². The summed E-state index contributed by atoms with van der Waals surface area (Å²) in [5, 5.41) is 8.60. The Hall–Kier alpha value is -2.89. The van der Waals surface area contributed by atoms with Gasteiger partial charge in [0.05, 0.1) is 28.8 Å². The number of methoxy groups -OCH3 is 1. The molecule has 0 spiro atoms. The van der Waals surface area contributed by atoms with Gasteiger partial charge < -0.3 is 9.15 Å². The van der Waals surface area contributed by atoms with Gasteiger partial charge in [-0.1, -0.05) is 25.6 Å². The molecule has 0 saturated heterocycles. The molecule has 0 aliphatic heterocycles. The van der Waals surface area contributed by atoms with Crippen LogP contribution in [-0.4, -0.2) is 52.7 Å². The Morgan fingerprint density at radius 2 is 1.82 bits per heavy atom. The van der Waals surface area contributed by atoms with E-state index in [1.54, 1.807) is 32.2 Å². The van der Waals surface area contributed by atoms with E-state index in [1.165, 1.54) is 16.1 Å². The molecule has 2 aromatic heterocycles. The van der Waals surface area contributed by atoms with Gasteiger partial charge in [0, 0.05) is 25.7 Å². The normalized spacial score (nSPS) is 12.0. The minimum atomic E-state index is -3.59. The van der Waals surface area contributed by atoms with Crippen molar-refractivity contribution in [3.8, 4) is 11.4 Å². The molecule has 0 radical (unpaired) electrons. The number of hydrogen-bond acceptors (Lipinski definition) is 8. The second-order valence-corrected chi connectivity index (χ2v) is 10.1. The molecule has 0 fully saturated rings. The summed E-state index contributed by atoms with van der Waals surface area (Å²) in [5.74, 6) is 2.17.